The lowest BCUT2D eigenvalue weighted by Gasteiger charge is -2.11. The predicted octanol–water partition coefficient (Wildman–Crippen LogP) is 5.06. The molecule has 132 valence electrons. The average molecular weight is 386 g/mol. The van der Waals surface area contributed by atoms with E-state index in [0.29, 0.717) is 16.6 Å². The van der Waals surface area contributed by atoms with Crippen LogP contribution in [0.4, 0.5) is 0 Å². The van der Waals surface area contributed by atoms with Gasteiger partial charge in [-0.15, -0.1) is 0 Å². The van der Waals surface area contributed by atoms with Crippen molar-refractivity contribution in [3.8, 4) is 11.4 Å². The molecule has 0 unspecified atom stereocenters. The highest BCUT2D eigenvalue weighted by molar-refractivity contribution is 6.43. The van der Waals surface area contributed by atoms with E-state index < -0.39 is 0 Å². The Balaban J connectivity index is 1.78. The van der Waals surface area contributed by atoms with Crippen LogP contribution in [-0.2, 0) is 13.1 Å². The number of aromatic nitrogens is 5. The molecule has 0 bridgehead atoms. The van der Waals surface area contributed by atoms with Gasteiger partial charge in [0.05, 0.1) is 16.6 Å². The third-order valence-corrected chi connectivity index (χ3v) is 5.07. The van der Waals surface area contributed by atoms with Gasteiger partial charge in [0, 0.05) is 30.7 Å². The fourth-order valence-corrected chi connectivity index (χ4v) is 3.48. The molecule has 0 aliphatic rings. The van der Waals surface area contributed by atoms with Gasteiger partial charge < -0.3 is 9.13 Å². The van der Waals surface area contributed by atoms with E-state index in [1.54, 1.807) is 18.5 Å². The summed E-state index contributed by atoms with van der Waals surface area (Å²) in [7, 11) is 0. The van der Waals surface area contributed by atoms with Crippen molar-refractivity contribution in [1.82, 2.24) is 24.1 Å². The van der Waals surface area contributed by atoms with Crippen molar-refractivity contribution in [2.45, 2.75) is 26.4 Å². The number of halogens is 2. The lowest BCUT2D eigenvalue weighted by atomic mass is 10.2. The molecule has 0 atom stereocenters. The summed E-state index contributed by atoms with van der Waals surface area (Å²) in [4.78, 5) is 13.7. The van der Waals surface area contributed by atoms with Gasteiger partial charge in [-0.05, 0) is 30.7 Å². The normalized spacial score (nSPS) is 11.3. The van der Waals surface area contributed by atoms with Crippen molar-refractivity contribution in [2.24, 2.45) is 0 Å². The molecule has 7 heteroatoms. The number of hydrogen-bond donors (Lipinski definition) is 0. The average Bonchev–Trinajstić information content (AvgIpc) is 3.23. The second kappa shape index (κ2) is 7.09. The summed E-state index contributed by atoms with van der Waals surface area (Å²) in [6, 6.07) is 9.46. The highest BCUT2D eigenvalue weighted by Crippen LogP contribution is 2.32. The number of nitrogens with zero attached hydrogens (tertiary/aromatic N) is 5. The van der Waals surface area contributed by atoms with Crippen molar-refractivity contribution in [1.29, 1.82) is 0 Å². The summed E-state index contributed by atoms with van der Waals surface area (Å²) in [5.41, 5.74) is 2.62. The van der Waals surface area contributed by atoms with Gasteiger partial charge in [-0.1, -0.05) is 36.2 Å². The van der Waals surface area contributed by atoms with E-state index in [4.69, 9.17) is 28.2 Å². The Morgan fingerprint density at radius 3 is 2.77 bits per heavy atom. The molecule has 0 aliphatic heterocycles. The quantitative estimate of drug-likeness (QED) is 0.482. The molecular formula is C19H17Cl2N5. The molecule has 1 aromatic carbocycles. The van der Waals surface area contributed by atoms with Crippen LogP contribution in [0.3, 0.4) is 0 Å². The van der Waals surface area contributed by atoms with E-state index in [9.17, 15) is 0 Å². The van der Waals surface area contributed by atoms with Crippen LogP contribution >= 0.6 is 23.2 Å². The Labute approximate surface area is 161 Å². The van der Waals surface area contributed by atoms with Crippen LogP contribution in [-0.4, -0.2) is 24.1 Å². The predicted molar refractivity (Wildman–Crippen MR) is 105 cm³/mol. The minimum Gasteiger partial charge on any atom is -0.323 e. The Hall–Kier alpha value is -2.37. The first-order valence-corrected chi connectivity index (χ1v) is 9.20. The van der Waals surface area contributed by atoms with Crippen LogP contribution < -0.4 is 0 Å². The van der Waals surface area contributed by atoms with Gasteiger partial charge in [0.1, 0.15) is 17.2 Å². The first kappa shape index (κ1) is 17.1. The van der Waals surface area contributed by atoms with Crippen LogP contribution in [0.15, 0.2) is 48.9 Å². The summed E-state index contributed by atoms with van der Waals surface area (Å²) in [5.74, 6) is 1.71. The fourth-order valence-electron chi connectivity index (χ4n) is 3.09. The molecule has 0 spiro atoms. The highest BCUT2D eigenvalue weighted by Gasteiger charge is 2.16. The molecule has 0 N–H and O–H groups in total. The van der Waals surface area contributed by atoms with Gasteiger partial charge in [0.2, 0.25) is 0 Å². The van der Waals surface area contributed by atoms with Crippen molar-refractivity contribution in [3.63, 3.8) is 0 Å². The number of pyridine rings is 1. The van der Waals surface area contributed by atoms with Crippen molar-refractivity contribution >= 4 is 34.4 Å². The molecule has 4 rings (SSSR count). The van der Waals surface area contributed by atoms with Gasteiger partial charge >= 0.3 is 0 Å². The van der Waals surface area contributed by atoms with Crippen molar-refractivity contribution < 1.29 is 0 Å². The molecule has 4 aromatic rings. The Bertz CT molecular complexity index is 1070. The van der Waals surface area contributed by atoms with E-state index in [1.807, 2.05) is 35.0 Å². The maximum absolute atomic E-state index is 6.39. The first-order chi connectivity index (χ1) is 12.7. The van der Waals surface area contributed by atoms with Crippen LogP contribution in [0.1, 0.15) is 19.2 Å². The molecule has 26 heavy (non-hydrogen) atoms. The fraction of sp³-hybridized carbons (Fsp3) is 0.211. The zero-order chi connectivity index (χ0) is 18.1. The molecular weight excluding hydrogens is 369 g/mol. The molecule has 0 aliphatic carbocycles. The third-order valence-electron chi connectivity index (χ3n) is 4.25. The van der Waals surface area contributed by atoms with Gasteiger partial charge in [0.15, 0.2) is 5.65 Å². The smallest absolute Gasteiger partial charge is 0.160 e. The van der Waals surface area contributed by atoms with E-state index >= 15 is 0 Å². The summed E-state index contributed by atoms with van der Waals surface area (Å²) < 4.78 is 4.20. The zero-order valence-electron chi connectivity index (χ0n) is 14.2. The Kier molecular flexibility index (Phi) is 4.66. The van der Waals surface area contributed by atoms with Gasteiger partial charge in [-0.2, -0.15) is 0 Å². The first-order valence-electron chi connectivity index (χ1n) is 8.44. The molecule has 3 aromatic heterocycles. The molecule has 0 amide bonds. The number of hydrogen-bond acceptors (Lipinski definition) is 3. The maximum atomic E-state index is 6.39. The monoisotopic (exact) mass is 385 g/mol. The lowest BCUT2D eigenvalue weighted by Crippen LogP contribution is -2.10. The second-order valence-corrected chi connectivity index (χ2v) is 6.79. The highest BCUT2D eigenvalue weighted by atomic mass is 35.5. The van der Waals surface area contributed by atoms with E-state index in [0.717, 1.165) is 41.3 Å². The standard InChI is InChI=1S/C19H17Cl2N5/c1-2-10-26-16(24-15-7-4-8-22-19(15)26)12-25-11-9-23-18(25)13-5-3-6-14(20)17(13)21/h3-9,11H,2,10,12H2,1H3. The molecule has 0 radical (unpaired) electrons. The lowest BCUT2D eigenvalue weighted by molar-refractivity contribution is 0.623. The minimum absolute atomic E-state index is 0.505. The van der Waals surface area contributed by atoms with E-state index in [2.05, 4.69) is 21.5 Å². The number of benzene rings is 1. The van der Waals surface area contributed by atoms with Crippen LogP contribution in [0.25, 0.3) is 22.6 Å². The molecule has 0 fully saturated rings. The van der Waals surface area contributed by atoms with Crippen LogP contribution in [0.2, 0.25) is 10.0 Å². The van der Waals surface area contributed by atoms with Crippen molar-refractivity contribution in [3.05, 3.63) is 64.8 Å². The summed E-state index contributed by atoms with van der Waals surface area (Å²) in [5, 5.41) is 1.02. The van der Waals surface area contributed by atoms with E-state index in [1.165, 1.54) is 0 Å². The largest absolute Gasteiger partial charge is 0.323 e. The SMILES string of the molecule is CCCn1c(Cn2ccnc2-c2cccc(Cl)c2Cl)nc2cccnc21. The topological polar surface area (TPSA) is 48.5 Å². The molecule has 5 nitrogen and oxygen atoms in total. The van der Waals surface area contributed by atoms with Gasteiger partial charge in [0.25, 0.3) is 0 Å². The summed E-state index contributed by atoms with van der Waals surface area (Å²) in [6.45, 7) is 3.59. The number of aryl methyl sites for hydroxylation is 1. The minimum atomic E-state index is 0.505. The van der Waals surface area contributed by atoms with Gasteiger partial charge in [-0.3, -0.25) is 0 Å². The second-order valence-electron chi connectivity index (χ2n) is 6.01. The summed E-state index contributed by atoms with van der Waals surface area (Å²) in [6.07, 6.45) is 6.49. The Morgan fingerprint density at radius 2 is 1.92 bits per heavy atom. The third kappa shape index (κ3) is 2.97. The molecule has 0 saturated heterocycles. The van der Waals surface area contributed by atoms with Crippen LogP contribution in [0, 0.1) is 0 Å². The molecule has 0 saturated carbocycles. The number of fused-ring (bicyclic) bond motifs is 1. The molecule has 3 heterocycles. The summed E-state index contributed by atoms with van der Waals surface area (Å²) >= 11 is 12.6. The maximum Gasteiger partial charge on any atom is 0.160 e. The van der Waals surface area contributed by atoms with Gasteiger partial charge in [-0.25, -0.2) is 15.0 Å². The van der Waals surface area contributed by atoms with Crippen LogP contribution in [0.5, 0.6) is 0 Å². The number of rotatable bonds is 5. The Morgan fingerprint density at radius 1 is 1.04 bits per heavy atom. The van der Waals surface area contributed by atoms with E-state index in [-0.39, 0.29) is 0 Å². The zero-order valence-corrected chi connectivity index (χ0v) is 15.7. The number of imidazole rings is 2. The van der Waals surface area contributed by atoms with Crippen molar-refractivity contribution in [2.75, 3.05) is 0 Å².